The molecule has 4 aromatic rings. The zero-order valence-corrected chi connectivity index (χ0v) is 39.1. The van der Waals surface area contributed by atoms with E-state index in [1.165, 1.54) is 6.07 Å². The van der Waals surface area contributed by atoms with Gasteiger partial charge in [0.2, 0.25) is 5.56 Å². The quantitative estimate of drug-likeness (QED) is 0.0493. The first-order chi connectivity index (χ1) is 29.6. The average molecular weight is 886 g/mol. The minimum atomic E-state index is -2.28. The molecule has 334 valence electrons. The molecule has 13 heteroatoms. The summed E-state index contributed by atoms with van der Waals surface area (Å²) in [6.45, 7) is 15.3. The number of hydrogen-bond acceptors (Lipinski definition) is 9. The van der Waals surface area contributed by atoms with Gasteiger partial charge in [-0.2, -0.15) is 0 Å². The lowest BCUT2D eigenvalue weighted by Gasteiger charge is -2.45. The number of amides is 1. The molecule has 11 nitrogen and oxygen atoms in total. The molecule has 4 fully saturated rings. The fourth-order valence-corrected chi connectivity index (χ4v) is 10.9. The van der Waals surface area contributed by atoms with Crippen LogP contribution < -0.4 is 20.9 Å². The van der Waals surface area contributed by atoms with Crippen LogP contribution in [0.1, 0.15) is 111 Å². The van der Waals surface area contributed by atoms with E-state index in [9.17, 15) is 19.5 Å². The molecule has 4 aliphatic rings. The number of methoxy groups -OCH3 is 1. The summed E-state index contributed by atoms with van der Waals surface area (Å²) in [5.41, 5.74) is 3.64. The predicted octanol–water partition coefficient (Wildman–Crippen LogP) is 8.95. The summed E-state index contributed by atoms with van der Waals surface area (Å²) in [7, 11) is -0.708. The Morgan fingerprint density at radius 2 is 1.79 bits per heavy atom. The highest BCUT2D eigenvalue weighted by atomic mass is 35.5. The van der Waals surface area contributed by atoms with Gasteiger partial charge in [0.25, 0.3) is 5.91 Å². The Bertz CT molecular complexity index is 2290. The summed E-state index contributed by atoms with van der Waals surface area (Å²) >= 11 is 6.78. The highest BCUT2D eigenvalue weighted by Gasteiger charge is 2.46. The highest BCUT2D eigenvalue weighted by Crippen LogP contribution is 2.43. The second kappa shape index (κ2) is 19.3. The van der Waals surface area contributed by atoms with E-state index in [0.717, 1.165) is 93.3 Å². The van der Waals surface area contributed by atoms with Crippen LogP contribution >= 0.6 is 11.6 Å². The Balaban J connectivity index is 0.973. The Hall–Kier alpha value is -4.20. The lowest BCUT2D eigenvalue weighted by atomic mass is 9.69. The molecule has 1 saturated carbocycles. The van der Waals surface area contributed by atoms with Gasteiger partial charge in [-0.3, -0.25) is 19.3 Å². The summed E-state index contributed by atoms with van der Waals surface area (Å²) in [5.74, 6) is 0.678. The number of hydrogen-bond donors (Lipinski definition) is 4. The van der Waals surface area contributed by atoms with E-state index in [1.54, 1.807) is 31.4 Å². The Kier molecular flexibility index (Phi) is 14.2. The maximum absolute atomic E-state index is 14.1. The minimum Gasteiger partial charge on any atom is -0.506 e. The number of carbonyl (C=O) groups is 2. The normalized spacial score (nSPS) is 20.5. The van der Waals surface area contributed by atoms with Gasteiger partial charge < -0.3 is 34.6 Å². The Labute approximate surface area is 372 Å². The van der Waals surface area contributed by atoms with Gasteiger partial charge in [0.15, 0.2) is 8.32 Å². The van der Waals surface area contributed by atoms with Gasteiger partial charge in [-0.25, -0.2) is 0 Å². The average Bonchev–Trinajstić information content (AvgIpc) is 3.25. The predicted molar refractivity (Wildman–Crippen MR) is 248 cm³/mol. The number of benzene rings is 3. The minimum absolute atomic E-state index is 0.00307. The molecule has 0 radical (unpaired) electrons. The van der Waals surface area contributed by atoms with E-state index in [-0.39, 0.29) is 34.3 Å². The number of aromatic nitrogens is 1. The second-order valence-electron chi connectivity index (χ2n) is 19.2. The molecule has 3 aromatic carbocycles. The van der Waals surface area contributed by atoms with Crippen LogP contribution in [0, 0.1) is 5.92 Å². The van der Waals surface area contributed by atoms with Gasteiger partial charge in [0.1, 0.15) is 17.6 Å². The fourth-order valence-electron chi connectivity index (χ4n) is 9.40. The van der Waals surface area contributed by atoms with Gasteiger partial charge >= 0.3 is 5.97 Å². The number of ether oxygens (including phenoxy) is 2. The zero-order chi connectivity index (χ0) is 44.2. The van der Waals surface area contributed by atoms with Crippen molar-refractivity contribution in [2.75, 3.05) is 39.8 Å². The fraction of sp³-hybridized carbons (Fsp3) is 0.531. The monoisotopic (exact) mass is 884 g/mol. The van der Waals surface area contributed by atoms with Crippen LogP contribution in [0.5, 0.6) is 11.5 Å². The number of H-pyrrole nitrogens is 1. The van der Waals surface area contributed by atoms with Gasteiger partial charge in [-0.1, -0.05) is 82.0 Å². The number of phenolic OH excluding ortho intramolecular Hbond substituents is 1. The molecule has 4 heterocycles. The van der Waals surface area contributed by atoms with E-state index in [0.29, 0.717) is 59.2 Å². The molecular weight excluding hydrogens is 820 g/mol. The van der Waals surface area contributed by atoms with Crippen molar-refractivity contribution in [3.8, 4) is 11.5 Å². The number of aryl methyl sites for hydroxylation is 1. The highest BCUT2D eigenvalue weighted by molar-refractivity contribution is 6.74. The molecule has 1 aliphatic carbocycles. The number of nitrogens with zero attached hydrogens (tertiary/aromatic N) is 1. The molecule has 2 bridgehead atoms. The third kappa shape index (κ3) is 10.1. The number of pyridine rings is 1. The summed E-state index contributed by atoms with van der Waals surface area (Å²) in [5, 5.41) is 18.1. The van der Waals surface area contributed by atoms with Crippen molar-refractivity contribution in [2.24, 2.45) is 5.92 Å². The maximum Gasteiger partial charge on any atom is 0.316 e. The Morgan fingerprint density at radius 1 is 1.03 bits per heavy atom. The van der Waals surface area contributed by atoms with Crippen LogP contribution in [0.15, 0.2) is 65.5 Å². The summed E-state index contributed by atoms with van der Waals surface area (Å²) in [6, 6.07) is 18.5. The van der Waals surface area contributed by atoms with Crippen LogP contribution in [0.4, 0.5) is 0 Å². The number of carbonyl (C=O) groups excluding carboxylic acids is 2. The molecular formula is C49H65ClN4O7Si. The van der Waals surface area contributed by atoms with Gasteiger partial charge in [-0.15, -0.1) is 0 Å². The number of esters is 1. The van der Waals surface area contributed by atoms with Crippen molar-refractivity contribution in [1.82, 2.24) is 20.5 Å². The SMILES string of the molecule is COc1cc(C(=O)NCCCc2cccc(C3(C(=O)OC4CN5CCC4CC5)CCCCC3)c2)c(Cl)cc1CNC[C@H](O[Si](C)(C)C(C)(C)C)c1ccc(O)c2[nH]c(=O)ccc12. The molecule has 62 heavy (non-hydrogen) atoms. The van der Waals surface area contributed by atoms with Gasteiger partial charge in [0.05, 0.1) is 34.7 Å². The first-order valence-electron chi connectivity index (χ1n) is 22.5. The summed E-state index contributed by atoms with van der Waals surface area (Å²) in [4.78, 5) is 44.9. The van der Waals surface area contributed by atoms with Crippen LogP contribution in [-0.2, 0) is 32.3 Å². The van der Waals surface area contributed by atoms with E-state index >= 15 is 0 Å². The number of piperidine rings is 3. The standard InChI is InChI=1S/C49H65ClN4O7Si/c1-48(2,3)62(5,6)61-42(36-15-17-40(55)45-37(36)16-18-44(56)53-45)30-51-29-34-27-39(50)38(28-41(34)59-4)46(57)52-23-11-13-32-12-10-14-35(26-32)49(21-8-7-9-22-49)47(58)60-43-31-54-24-19-33(43)20-25-54/h10,12,14-18,26-28,33,42-43,51,55H,7-9,11,13,19-25,29-31H2,1-6H3,(H,52,57)(H,53,56)/t42-,43?/m0/s1. The number of halogens is 1. The van der Waals surface area contributed by atoms with Crippen LogP contribution in [0.25, 0.3) is 10.9 Å². The zero-order valence-electron chi connectivity index (χ0n) is 37.3. The molecule has 1 aromatic heterocycles. The second-order valence-corrected chi connectivity index (χ2v) is 24.4. The van der Waals surface area contributed by atoms with Crippen LogP contribution in [0.3, 0.4) is 0 Å². The largest absolute Gasteiger partial charge is 0.506 e. The molecule has 3 aliphatic heterocycles. The number of rotatable bonds is 16. The van der Waals surface area contributed by atoms with Gasteiger partial charge in [0, 0.05) is 43.2 Å². The number of aromatic hydroxyl groups is 1. The van der Waals surface area contributed by atoms with E-state index in [2.05, 4.69) is 78.6 Å². The molecule has 1 unspecified atom stereocenters. The van der Waals surface area contributed by atoms with Crippen LogP contribution in [-0.4, -0.2) is 81.1 Å². The van der Waals surface area contributed by atoms with Crippen molar-refractivity contribution in [3.05, 3.63) is 104 Å². The number of nitrogens with one attached hydrogen (secondary N) is 3. The molecule has 3 saturated heterocycles. The number of aromatic amines is 1. The summed E-state index contributed by atoms with van der Waals surface area (Å²) in [6.07, 6.45) is 8.11. The topological polar surface area (TPSA) is 142 Å². The van der Waals surface area contributed by atoms with Crippen molar-refractivity contribution in [2.45, 2.75) is 121 Å². The number of fused-ring (bicyclic) bond motifs is 4. The maximum atomic E-state index is 14.1. The van der Waals surface area contributed by atoms with E-state index in [4.69, 9.17) is 25.5 Å². The lowest BCUT2D eigenvalue weighted by molar-refractivity contribution is -0.167. The lowest BCUT2D eigenvalue weighted by Crippen LogP contribution is -2.53. The third-order valence-electron chi connectivity index (χ3n) is 14.1. The van der Waals surface area contributed by atoms with Crippen LogP contribution in [0.2, 0.25) is 23.2 Å². The third-order valence-corrected chi connectivity index (χ3v) is 18.9. The van der Waals surface area contributed by atoms with E-state index in [1.807, 2.05) is 6.07 Å². The smallest absolute Gasteiger partial charge is 0.316 e. The summed E-state index contributed by atoms with van der Waals surface area (Å²) < 4.78 is 19.1. The molecule has 2 atom stereocenters. The van der Waals surface area contributed by atoms with E-state index < -0.39 is 19.8 Å². The first kappa shape index (κ1) is 45.8. The van der Waals surface area contributed by atoms with Gasteiger partial charge in [-0.05, 0) is 117 Å². The number of phenols is 1. The van der Waals surface area contributed by atoms with Crippen molar-refractivity contribution in [3.63, 3.8) is 0 Å². The van der Waals surface area contributed by atoms with Crippen molar-refractivity contribution >= 4 is 42.7 Å². The van der Waals surface area contributed by atoms with Crippen molar-refractivity contribution < 1.29 is 28.6 Å². The molecule has 8 rings (SSSR count). The molecule has 0 spiro atoms. The molecule has 1 amide bonds. The molecule has 4 N–H and O–H groups in total. The Morgan fingerprint density at radius 3 is 2.48 bits per heavy atom. The van der Waals surface area contributed by atoms with Crippen molar-refractivity contribution in [1.29, 1.82) is 0 Å². The first-order valence-corrected chi connectivity index (χ1v) is 25.8.